The molecule has 1 atom stereocenters. The minimum absolute atomic E-state index is 0.0935. The van der Waals surface area contributed by atoms with Crippen molar-refractivity contribution in [2.75, 3.05) is 5.33 Å². The van der Waals surface area contributed by atoms with E-state index in [-0.39, 0.29) is 11.9 Å². The lowest BCUT2D eigenvalue weighted by Gasteiger charge is -2.21. The maximum Gasteiger partial charge on any atom is 0.252 e. The maximum absolute atomic E-state index is 12.2. The van der Waals surface area contributed by atoms with Gasteiger partial charge in [-0.3, -0.25) is 4.79 Å². The van der Waals surface area contributed by atoms with Crippen LogP contribution in [0.2, 0.25) is 5.02 Å². The van der Waals surface area contributed by atoms with Gasteiger partial charge < -0.3 is 5.32 Å². The van der Waals surface area contributed by atoms with Gasteiger partial charge in [-0.05, 0) is 46.5 Å². The van der Waals surface area contributed by atoms with Crippen LogP contribution >= 0.6 is 43.5 Å². The number of amides is 1. The molecular weight excluding hydrogens is 381 g/mol. The Morgan fingerprint density at radius 1 is 1.44 bits per heavy atom. The zero-order chi connectivity index (χ0) is 13.7. The molecule has 1 N–H and O–H groups in total. The van der Waals surface area contributed by atoms with Crippen LogP contribution in [0.1, 0.15) is 30.6 Å². The van der Waals surface area contributed by atoms with Gasteiger partial charge >= 0.3 is 0 Å². The van der Waals surface area contributed by atoms with Crippen molar-refractivity contribution in [2.24, 2.45) is 5.92 Å². The summed E-state index contributed by atoms with van der Waals surface area (Å²) in [6.07, 6.45) is 0.904. The van der Waals surface area contributed by atoms with Crippen molar-refractivity contribution in [1.29, 1.82) is 0 Å². The fraction of sp³-hybridized carbons (Fsp3) is 0.462. The van der Waals surface area contributed by atoms with Gasteiger partial charge in [-0.1, -0.05) is 41.4 Å². The molecule has 0 heterocycles. The molecule has 0 aromatic heterocycles. The van der Waals surface area contributed by atoms with Gasteiger partial charge in [0.15, 0.2) is 0 Å². The highest BCUT2D eigenvalue weighted by molar-refractivity contribution is 9.10. The van der Waals surface area contributed by atoms with Crippen molar-refractivity contribution in [2.45, 2.75) is 26.3 Å². The predicted octanol–water partition coefficient (Wildman–Crippen LogP) is 4.64. The van der Waals surface area contributed by atoms with E-state index in [9.17, 15) is 4.79 Å². The number of rotatable bonds is 5. The molecule has 5 heteroatoms. The summed E-state index contributed by atoms with van der Waals surface area (Å²) in [5.74, 6) is 0.300. The Balaban J connectivity index is 2.83. The summed E-state index contributed by atoms with van der Waals surface area (Å²) < 4.78 is 0.755. The zero-order valence-electron chi connectivity index (χ0n) is 10.3. The number of halogens is 3. The average Bonchev–Trinajstić information content (AvgIpc) is 2.31. The van der Waals surface area contributed by atoms with Crippen LogP contribution in [-0.4, -0.2) is 17.3 Å². The second kappa shape index (κ2) is 7.51. The first kappa shape index (κ1) is 16.0. The van der Waals surface area contributed by atoms with Crippen LogP contribution in [-0.2, 0) is 0 Å². The molecule has 1 amide bonds. The maximum atomic E-state index is 12.2. The first-order valence-electron chi connectivity index (χ1n) is 5.77. The van der Waals surface area contributed by atoms with Crippen molar-refractivity contribution in [1.82, 2.24) is 5.32 Å². The topological polar surface area (TPSA) is 29.1 Å². The fourth-order valence-corrected chi connectivity index (χ4v) is 2.70. The second-order valence-corrected chi connectivity index (χ2v) is 6.51. The van der Waals surface area contributed by atoms with Gasteiger partial charge in [0.2, 0.25) is 0 Å². The van der Waals surface area contributed by atoms with E-state index in [0.29, 0.717) is 16.5 Å². The van der Waals surface area contributed by atoms with E-state index in [0.717, 1.165) is 16.2 Å². The molecule has 18 heavy (non-hydrogen) atoms. The molecule has 0 saturated carbocycles. The monoisotopic (exact) mass is 395 g/mol. The van der Waals surface area contributed by atoms with Gasteiger partial charge in [-0.15, -0.1) is 0 Å². The summed E-state index contributed by atoms with van der Waals surface area (Å²) in [5, 5.41) is 4.47. The van der Waals surface area contributed by atoms with Gasteiger partial charge in [0.05, 0.1) is 5.56 Å². The van der Waals surface area contributed by atoms with Crippen LogP contribution in [0, 0.1) is 5.92 Å². The summed E-state index contributed by atoms with van der Waals surface area (Å²) >= 11 is 12.7. The van der Waals surface area contributed by atoms with Gasteiger partial charge in [-0.2, -0.15) is 0 Å². The molecule has 1 aromatic rings. The highest BCUT2D eigenvalue weighted by Gasteiger charge is 2.18. The SMILES string of the molecule is CC(C)C(CCBr)NC(=O)c1cc(Cl)ccc1Br. The molecule has 0 fully saturated rings. The number of benzene rings is 1. The quantitative estimate of drug-likeness (QED) is 0.721. The van der Waals surface area contributed by atoms with Crippen LogP contribution in [0.5, 0.6) is 0 Å². The lowest BCUT2D eigenvalue weighted by molar-refractivity contribution is 0.0924. The standard InChI is InChI=1S/C13H16Br2ClNO/c1-8(2)12(5-6-14)17-13(18)10-7-9(16)3-4-11(10)15/h3-4,7-8,12H,5-6H2,1-2H3,(H,17,18). The lowest BCUT2D eigenvalue weighted by atomic mass is 10.0. The van der Waals surface area contributed by atoms with E-state index in [2.05, 4.69) is 51.0 Å². The summed E-state index contributed by atoms with van der Waals surface area (Å²) in [5.41, 5.74) is 0.572. The second-order valence-electron chi connectivity index (χ2n) is 4.43. The van der Waals surface area contributed by atoms with Crippen LogP contribution in [0.15, 0.2) is 22.7 Å². The Hall–Kier alpha value is -0.0600. The molecule has 1 aromatic carbocycles. The van der Waals surface area contributed by atoms with E-state index in [4.69, 9.17) is 11.6 Å². The molecule has 0 radical (unpaired) electrons. The van der Waals surface area contributed by atoms with Gasteiger partial charge in [0, 0.05) is 20.9 Å². The summed E-state index contributed by atoms with van der Waals surface area (Å²) in [6.45, 7) is 4.20. The average molecular weight is 398 g/mol. The number of nitrogens with one attached hydrogen (secondary N) is 1. The van der Waals surface area contributed by atoms with E-state index in [1.54, 1.807) is 18.2 Å². The largest absolute Gasteiger partial charge is 0.349 e. The highest BCUT2D eigenvalue weighted by atomic mass is 79.9. The molecule has 0 aliphatic carbocycles. The molecule has 0 aliphatic heterocycles. The predicted molar refractivity (Wildman–Crippen MR) is 83.7 cm³/mol. The third-order valence-electron chi connectivity index (χ3n) is 2.71. The first-order valence-corrected chi connectivity index (χ1v) is 8.06. The third-order valence-corrected chi connectivity index (χ3v) is 4.10. The van der Waals surface area contributed by atoms with Crippen LogP contribution in [0.3, 0.4) is 0 Å². The molecule has 0 bridgehead atoms. The number of hydrogen-bond acceptors (Lipinski definition) is 1. The molecule has 100 valence electrons. The lowest BCUT2D eigenvalue weighted by Crippen LogP contribution is -2.39. The van der Waals surface area contributed by atoms with Crippen LogP contribution in [0.25, 0.3) is 0 Å². The van der Waals surface area contributed by atoms with E-state index < -0.39 is 0 Å². The summed E-state index contributed by atoms with van der Waals surface area (Å²) in [7, 11) is 0. The van der Waals surface area contributed by atoms with Crippen LogP contribution < -0.4 is 5.32 Å². The van der Waals surface area contributed by atoms with Crippen LogP contribution in [0.4, 0.5) is 0 Å². The first-order chi connectivity index (χ1) is 8.45. The third kappa shape index (κ3) is 4.56. The molecule has 2 nitrogen and oxygen atoms in total. The van der Waals surface area contributed by atoms with Gasteiger partial charge in [-0.25, -0.2) is 0 Å². The summed E-state index contributed by atoms with van der Waals surface area (Å²) in [4.78, 5) is 12.2. The normalized spacial score (nSPS) is 12.6. The Morgan fingerprint density at radius 2 is 2.11 bits per heavy atom. The Kier molecular flexibility index (Phi) is 6.67. The molecule has 1 unspecified atom stereocenters. The summed E-state index contributed by atoms with van der Waals surface area (Å²) in [6, 6.07) is 5.36. The van der Waals surface area contributed by atoms with Gasteiger partial charge in [0.1, 0.15) is 0 Å². The van der Waals surface area contributed by atoms with E-state index in [1.165, 1.54) is 0 Å². The zero-order valence-corrected chi connectivity index (χ0v) is 14.3. The van der Waals surface area contributed by atoms with Crippen molar-refractivity contribution in [3.8, 4) is 0 Å². The Bertz CT molecular complexity index is 423. The minimum Gasteiger partial charge on any atom is -0.349 e. The molecule has 1 rings (SSSR count). The molecular formula is C13H16Br2ClNO. The van der Waals surface area contributed by atoms with E-state index in [1.807, 2.05) is 0 Å². The number of carbonyl (C=O) groups is 1. The van der Waals surface area contributed by atoms with Crippen molar-refractivity contribution in [3.05, 3.63) is 33.3 Å². The molecule has 0 aliphatic rings. The molecule has 0 spiro atoms. The Labute approximate surface area is 130 Å². The number of alkyl halides is 1. The number of carbonyl (C=O) groups excluding carboxylic acids is 1. The minimum atomic E-state index is -0.0935. The Morgan fingerprint density at radius 3 is 2.67 bits per heavy atom. The smallest absolute Gasteiger partial charge is 0.252 e. The molecule has 0 saturated heterocycles. The fourth-order valence-electron chi connectivity index (χ4n) is 1.61. The van der Waals surface area contributed by atoms with Gasteiger partial charge in [0.25, 0.3) is 5.91 Å². The number of hydrogen-bond donors (Lipinski definition) is 1. The van der Waals surface area contributed by atoms with E-state index >= 15 is 0 Å². The van der Waals surface area contributed by atoms with Crippen molar-refractivity contribution >= 4 is 49.4 Å². The highest BCUT2D eigenvalue weighted by Crippen LogP contribution is 2.21. The van der Waals surface area contributed by atoms with Crippen molar-refractivity contribution < 1.29 is 4.79 Å². The van der Waals surface area contributed by atoms with Crippen molar-refractivity contribution in [3.63, 3.8) is 0 Å².